The van der Waals surface area contributed by atoms with E-state index in [9.17, 15) is 9.59 Å². The molecule has 1 aromatic carbocycles. The SMILES string of the molecule is CC(=O)N1CCN(c2ccc(-c3cnc4[nH]cc(C(=O)C(C)(C)C)c4n3)cc2)CC1. The number of carbonyl (C=O) groups is 2. The first-order valence-electron chi connectivity index (χ1n) is 10.2. The third-order valence-corrected chi connectivity index (χ3v) is 5.56. The van der Waals surface area contributed by atoms with Crippen molar-refractivity contribution in [1.29, 1.82) is 0 Å². The summed E-state index contributed by atoms with van der Waals surface area (Å²) < 4.78 is 0. The van der Waals surface area contributed by atoms with E-state index in [1.807, 2.05) is 37.8 Å². The summed E-state index contributed by atoms with van der Waals surface area (Å²) in [7, 11) is 0. The van der Waals surface area contributed by atoms with E-state index in [-0.39, 0.29) is 11.7 Å². The maximum absolute atomic E-state index is 12.8. The highest BCUT2D eigenvalue weighted by Crippen LogP contribution is 2.28. The minimum absolute atomic E-state index is 0.0419. The van der Waals surface area contributed by atoms with E-state index >= 15 is 0 Å². The first kappa shape index (κ1) is 20.1. The number of amides is 1. The summed E-state index contributed by atoms with van der Waals surface area (Å²) in [5.41, 5.74) is 4.13. The molecule has 0 saturated carbocycles. The molecule has 3 heterocycles. The second kappa shape index (κ2) is 7.55. The number of H-pyrrole nitrogens is 1. The van der Waals surface area contributed by atoms with E-state index in [1.165, 1.54) is 0 Å². The van der Waals surface area contributed by atoms with Crippen molar-refractivity contribution >= 4 is 28.5 Å². The molecule has 0 spiro atoms. The molecule has 7 heteroatoms. The Kier molecular flexibility index (Phi) is 5.05. The van der Waals surface area contributed by atoms with Crippen LogP contribution in [0.5, 0.6) is 0 Å². The normalized spacial score (nSPS) is 14.9. The molecule has 2 aromatic heterocycles. The standard InChI is InChI=1S/C23H27N5O2/c1-15(29)27-9-11-28(12-10-27)17-7-5-16(6-8-17)19-14-25-22-20(26-19)18(13-24-22)21(30)23(2,3)4/h5-8,13-14H,9-12H2,1-4H3,(H,24,25). The minimum atomic E-state index is -0.485. The lowest BCUT2D eigenvalue weighted by atomic mass is 9.87. The van der Waals surface area contributed by atoms with Crippen LogP contribution >= 0.6 is 0 Å². The van der Waals surface area contributed by atoms with Gasteiger partial charge in [-0.2, -0.15) is 0 Å². The lowest BCUT2D eigenvalue weighted by Crippen LogP contribution is -2.48. The molecule has 1 N–H and O–H groups in total. The Hall–Kier alpha value is -3.22. The molecule has 7 nitrogen and oxygen atoms in total. The lowest BCUT2D eigenvalue weighted by molar-refractivity contribution is -0.129. The van der Waals surface area contributed by atoms with Crippen LogP contribution < -0.4 is 4.90 Å². The molecule has 1 aliphatic rings. The zero-order valence-electron chi connectivity index (χ0n) is 17.9. The number of fused-ring (bicyclic) bond motifs is 1. The predicted molar refractivity (Wildman–Crippen MR) is 118 cm³/mol. The van der Waals surface area contributed by atoms with Gasteiger partial charge >= 0.3 is 0 Å². The molecular formula is C23H27N5O2. The minimum Gasteiger partial charge on any atom is -0.368 e. The number of anilines is 1. The van der Waals surface area contributed by atoms with Crippen molar-refractivity contribution < 1.29 is 9.59 Å². The molecular weight excluding hydrogens is 378 g/mol. The third-order valence-electron chi connectivity index (χ3n) is 5.56. The van der Waals surface area contributed by atoms with Gasteiger partial charge in [0.1, 0.15) is 5.52 Å². The predicted octanol–water partition coefficient (Wildman–Crippen LogP) is 3.52. The molecule has 1 saturated heterocycles. The summed E-state index contributed by atoms with van der Waals surface area (Å²) in [6, 6.07) is 8.20. The largest absolute Gasteiger partial charge is 0.368 e. The summed E-state index contributed by atoms with van der Waals surface area (Å²) in [6.45, 7) is 10.5. The van der Waals surface area contributed by atoms with Gasteiger partial charge in [0.2, 0.25) is 5.91 Å². The number of nitrogens with zero attached hydrogens (tertiary/aromatic N) is 4. The Labute approximate surface area is 176 Å². The molecule has 1 aliphatic heterocycles. The number of carbonyl (C=O) groups excluding carboxylic acids is 2. The Morgan fingerprint density at radius 2 is 1.70 bits per heavy atom. The summed E-state index contributed by atoms with van der Waals surface area (Å²) in [6.07, 6.45) is 3.43. The van der Waals surface area contributed by atoms with Crippen LogP contribution in [0.25, 0.3) is 22.4 Å². The van der Waals surface area contributed by atoms with Gasteiger partial charge in [0, 0.05) is 56.0 Å². The maximum atomic E-state index is 12.8. The molecule has 0 bridgehead atoms. The number of benzene rings is 1. The van der Waals surface area contributed by atoms with Gasteiger partial charge in [-0.15, -0.1) is 0 Å². The second-order valence-corrected chi connectivity index (χ2v) is 8.77. The molecule has 1 fully saturated rings. The van der Waals surface area contributed by atoms with Gasteiger partial charge in [-0.25, -0.2) is 9.97 Å². The van der Waals surface area contributed by atoms with Crippen molar-refractivity contribution in [2.45, 2.75) is 27.7 Å². The third kappa shape index (κ3) is 3.79. The van der Waals surface area contributed by atoms with Gasteiger partial charge < -0.3 is 14.8 Å². The van der Waals surface area contributed by atoms with Gasteiger partial charge in [-0.05, 0) is 12.1 Å². The molecule has 0 atom stereocenters. The number of rotatable bonds is 3. The summed E-state index contributed by atoms with van der Waals surface area (Å²) in [5, 5.41) is 0. The summed E-state index contributed by atoms with van der Waals surface area (Å²) >= 11 is 0. The number of hydrogen-bond acceptors (Lipinski definition) is 5. The van der Waals surface area contributed by atoms with E-state index in [4.69, 9.17) is 4.98 Å². The molecule has 0 aliphatic carbocycles. The number of nitrogens with one attached hydrogen (secondary N) is 1. The molecule has 30 heavy (non-hydrogen) atoms. The van der Waals surface area contributed by atoms with Crippen molar-refractivity contribution in [3.05, 3.63) is 42.2 Å². The summed E-state index contributed by atoms with van der Waals surface area (Å²) in [4.78, 5) is 40.7. The van der Waals surface area contributed by atoms with Crippen LogP contribution in [0.4, 0.5) is 5.69 Å². The Balaban J connectivity index is 1.57. The fourth-order valence-electron chi connectivity index (χ4n) is 3.73. The molecule has 4 rings (SSSR count). The van der Waals surface area contributed by atoms with Crippen LogP contribution in [0.15, 0.2) is 36.7 Å². The zero-order valence-corrected chi connectivity index (χ0v) is 17.9. The monoisotopic (exact) mass is 405 g/mol. The van der Waals surface area contributed by atoms with Crippen molar-refractivity contribution in [3.8, 4) is 11.3 Å². The van der Waals surface area contributed by atoms with Gasteiger partial charge in [0.15, 0.2) is 11.4 Å². The first-order chi connectivity index (χ1) is 14.2. The van der Waals surface area contributed by atoms with Crippen LogP contribution in [0, 0.1) is 5.41 Å². The molecule has 3 aromatic rings. The molecule has 0 unspecified atom stereocenters. The van der Waals surface area contributed by atoms with E-state index in [0.29, 0.717) is 16.7 Å². The fourth-order valence-corrected chi connectivity index (χ4v) is 3.73. The van der Waals surface area contributed by atoms with E-state index in [1.54, 1.807) is 19.3 Å². The van der Waals surface area contributed by atoms with Gasteiger partial charge in [0.25, 0.3) is 0 Å². The van der Waals surface area contributed by atoms with Crippen LogP contribution in [0.3, 0.4) is 0 Å². The second-order valence-electron chi connectivity index (χ2n) is 8.77. The van der Waals surface area contributed by atoms with Crippen LogP contribution in [0.2, 0.25) is 0 Å². The lowest BCUT2D eigenvalue weighted by Gasteiger charge is -2.35. The summed E-state index contributed by atoms with van der Waals surface area (Å²) in [5.74, 6) is 0.174. The van der Waals surface area contributed by atoms with Crippen molar-refractivity contribution in [2.75, 3.05) is 31.1 Å². The van der Waals surface area contributed by atoms with Gasteiger partial charge in [0.05, 0.1) is 17.5 Å². The Bertz CT molecular complexity index is 1090. The Morgan fingerprint density at radius 3 is 2.30 bits per heavy atom. The first-order valence-corrected chi connectivity index (χ1v) is 10.2. The number of aromatic amines is 1. The number of piperazine rings is 1. The van der Waals surface area contributed by atoms with Crippen molar-refractivity contribution in [3.63, 3.8) is 0 Å². The van der Waals surface area contributed by atoms with Crippen LogP contribution in [-0.2, 0) is 4.79 Å². The Morgan fingerprint density at radius 1 is 1.03 bits per heavy atom. The highest BCUT2D eigenvalue weighted by molar-refractivity contribution is 6.08. The van der Waals surface area contributed by atoms with Gasteiger partial charge in [-0.3, -0.25) is 9.59 Å². The highest BCUT2D eigenvalue weighted by atomic mass is 16.2. The number of aromatic nitrogens is 3. The topological polar surface area (TPSA) is 82.2 Å². The van der Waals surface area contributed by atoms with E-state index in [0.717, 1.165) is 43.1 Å². The van der Waals surface area contributed by atoms with Crippen LogP contribution in [0.1, 0.15) is 38.1 Å². The number of Topliss-reactive ketones (excluding diaryl/α,β-unsaturated/α-hetero) is 1. The number of hydrogen-bond donors (Lipinski definition) is 1. The van der Waals surface area contributed by atoms with Gasteiger partial charge in [-0.1, -0.05) is 32.9 Å². The highest BCUT2D eigenvalue weighted by Gasteiger charge is 2.26. The quantitative estimate of drug-likeness (QED) is 0.674. The van der Waals surface area contributed by atoms with Crippen molar-refractivity contribution in [1.82, 2.24) is 19.9 Å². The average molecular weight is 406 g/mol. The fraction of sp³-hybridized carbons (Fsp3) is 0.391. The smallest absolute Gasteiger partial charge is 0.219 e. The van der Waals surface area contributed by atoms with E-state index < -0.39 is 5.41 Å². The zero-order chi connectivity index (χ0) is 21.5. The maximum Gasteiger partial charge on any atom is 0.219 e. The van der Waals surface area contributed by atoms with Crippen LogP contribution in [-0.4, -0.2) is 57.7 Å². The van der Waals surface area contributed by atoms with Crippen molar-refractivity contribution in [2.24, 2.45) is 5.41 Å². The molecule has 0 radical (unpaired) electrons. The average Bonchev–Trinajstić information content (AvgIpc) is 3.15. The molecule has 156 valence electrons. The number of ketones is 1. The molecule has 1 amide bonds. The van der Waals surface area contributed by atoms with E-state index in [2.05, 4.69) is 27.0 Å².